The number of amides is 1. The predicted molar refractivity (Wildman–Crippen MR) is 121 cm³/mol. The van der Waals surface area contributed by atoms with E-state index in [0.717, 1.165) is 27.9 Å². The summed E-state index contributed by atoms with van der Waals surface area (Å²) in [4.78, 5) is 37.2. The van der Waals surface area contributed by atoms with Gasteiger partial charge in [-0.05, 0) is 29.8 Å². The normalized spacial score (nSPS) is 13.4. The van der Waals surface area contributed by atoms with Crippen LogP contribution in [-0.4, -0.2) is 36.9 Å². The number of aromatic nitrogens is 4. The molecule has 1 amide bonds. The van der Waals surface area contributed by atoms with Crippen LogP contribution in [0.1, 0.15) is 21.6 Å². The third-order valence-corrected chi connectivity index (χ3v) is 5.98. The van der Waals surface area contributed by atoms with Crippen molar-refractivity contribution in [1.82, 2.24) is 24.5 Å². The van der Waals surface area contributed by atoms with Crippen LogP contribution in [0.5, 0.6) is 0 Å². The van der Waals surface area contributed by atoms with Crippen molar-refractivity contribution in [2.45, 2.75) is 13.0 Å². The van der Waals surface area contributed by atoms with Crippen LogP contribution < -0.4 is 5.56 Å². The van der Waals surface area contributed by atoms with Gasteiger partial charge in [-0.15, -0.1) is 0 Å². The summed E-state index contributed by atoms with van der Waals surface area (Å²) in [5.74, 6) is -0.0950. The lowest BCUT2D eigenvalue weighted by molar-refractivity contribution is 0.0732. The summed E-state index contributed by atoms with van der Waals surface area (Å²) in [7, 11) is 0. The van der Waals surface area contributed by atoms with Crippen molar-refractivity contribution in [1.29, 1.82) is 0 Å². The number of hydrogen-bond acceptors (Lipinski definition) is 4. The van der Waals surface area contributed by atoms with Crippen LogP contribution in [0.4, 0.5) is 0 Å². The largest absolute Gasteiger partial charge is 0.334 e. The second-order valence-electron chi connectivity index (χ2n) is 7.96. The van der Waals surface area contributed by atoms with Crippen molar-refractivity contribution in [2.75, 3.05) is 6.54 Å². The zero-order valence-electron chi connectivity index (χ0n) is 17.2. The Bertz CT molecular complexity index is 1550. The number of hydrogen-bond donors (Lipinski definition) is 1. The molecule has 32 heavy (non-hydrogen) atoms. The number of H-pyrrole nitrogens is 1. The van der Waals surface area contributed by atoms with Gasteiger partial charge in [0.2, 0.25) is 0 Å². The van der Waals surface area contributed by atoms with E-state index < -0.39 is 0 Å². The molecule has 6 rings (SSSR count). The van der Waals surface area contributed by atoms with Crippen LogP contribution in [0.3, 0.4) is 0 Å². The molecule has 0 spiro atoms. The predicted octanol–water partition coefficient (Wildman–Crippen LogP) is 3.44. The molecule has 0 saturated heterocycles. The van der Waals surface area contributed by atoms with E-state index in [-0.39, 0.29) is 18.0 Å². The lowest BCUT2D eigenvalue weighted by Gasteiger charge is -2.27. The van der Waals surface area contributed by atoms with Crippen molar-refractivity contribution < 1.29 is 4.79 Å². The fourth-order valence-corrected chi connectivity index (χ4v) is 4.31. The van der Waals surface area contributed by atoms with Crippen LogP contribution in [0, 0.1) is 0 Å². The number of fused-ring (bicyclic) bond motifs is 3. The van der Waals surface area contributed by atoms with Gasteiger partial charge in [-0.3, -0.25) is 19.7 Å². The number of carbonyl (C=O) groups excluding carboxylic acids is 1. The summed E-state index contributed by atoms with van der Waals surface area (Å²) in [6.45, 7) is 0.767. The number of carbonyl (C=O) groups is 1. The van der Waals surface area contributed by atoms with E-state index in [1.165, 1.54) is 4.52 Å². The number of nitrogens with zero attached hydrogens (tertiary/aromatic N) is 4. The SMILES string of the molecule is O=C(c1ccc2ncccc2c1)N1CCc2nc3cc(-c4ccccc4)[nH]n3c(=O)c2C1. The van der Waals surface area contributed by atoms with E-state index in [9.17, 15) is 9.59 Å². The molecule has 0 bridgehead atoms. The molecule has 1 aliphatic rings. The summed E-state index contributed by atoms with van der Waals surface area (Å²) in [5.41, 5.74) is 5.01. The van der Waals surface area contributed by atoms with Crippen LogP contribution in [0.2, 0.25) is 0 Å². The summed E-state index contributed by atoms with van der Waals surface area (Å²) >= 11 is 0. The maximum Gasteiger partial charge on any atom is 0.277 e. The minimum absolute atomic E-state index is 0.0950. The first kappa shape index (κ1) is 18.5. The molecular formula is C25H19N5O2. The average Bonchev–Trinajstić information content (AvgIpc) is 3.28. The molecule has 0 radical (unpaired) electrons. The second kappa shape index (κ2) is 7.16. The van der Waals surface area contributed by atoms with Gasteiger partial charge < -0.3 is 4.90 Å². The van der Waals surface area contributed by atoms with E-state index in [4.69, 9.17) is 4.98 Å². The highest BCUT2D eigenvalue weighted by Crippen LogP contribution is 2.22. The molecule has 0 unspecified atom stereocenters. The van der Waals surface area contributed by atoms with Crippen molar-refractivity contribution in [3.63, 3.8) is 0 Å². The molecule has 4 heterocycles. The number of aromatic amines is 1. The topological polar surface area (TPSA) is 83.4 Å². The van der Waals surface area contributed by atoms with E-state index in [2.05, 4.69) is 10.1 Å². The summed E-state index contributed by atoms with van der Waals surface area (Å²) in [6, 6.07) is 21.0. The molecule has 1 aliphatic heterocycles. The van der Waals surface area contributed by atoms with Crippen molar-refractivity contribution in [2.24, 2.45) is 0 Å². The van der Waals surface area contributed by atoms with Gasteiger partial charge >= 0.3 is 0 Å². The first-order valence-electron chi connectivity index (χ1n) is 10.5. The van der Waals surface area contributed by atoms with Crippen molar-refractivity contribution in [3.8, 4) is 11.3 Å². The standard InChI is InChI=1S/C25H19N5O2/c31-24(18-8-9-20-17(13-18)7-4-11-26-20)29-12-10-21-19(15-29)25(32)30-23(27-21)14-22(28-30)16-5-2-1-3-6-16/h1-9,11,13-14,28H,10,12,15H2. The molecule has 2 aromatic carbocycles. The molecular weight excluding hydrogens is 402 g/mol. The maximum atomic E-state index is 13.2. The van der Waals surface area contributed by atoms with Gasteiger partial charge in [0, 0.05) is 36.2 Å². The van der Waals surface area contributed by atoms with Crippen molar-refractivity contribution >= 4 is 22.5 Å². The molecule has 0 atom stereocenters. The van der Waals surface area contributed by atoms with Crippen LogP contribution in [0.15, 0.2) is 77.7 Å². The minimum Gasteiger partial charge on any atom is -0.334 e. The highest BCUT2D eigenvalue weighted by atomic mass is 16.2. The van der Waals surface area contributed by atoms with Gasteiger partial charge in [-0.2, -0.15) is 0 Å². The number of pyridine rings is 1. The quantitative estimate of drug-likeness (QED) is 0.473. The Morgan fingerprint density at radius 3 is 2.75 bits per heavy atom. The molecule has 7 nitrogen and oxygen atoms in total. The number of nitrogens with one attached hydrogen (secondary N) is 1. The zero-order chi connectivity index (χ0) is 21.7. The van der Waals surface area contributed by atoms with Crippen LogP contribution in [0.25, 0.3) is 27.8 Å². The Morgan fingerprint density at radius 1 is 1.00 bits per heavy atom. The highest BCUT2D eigenvalue weighted by molar-refractivity contribution is 5.98. The van der Waals surface area contributed by atoms with E-state index in [0.29, 0.717) is 29.7 Å². The molecule has 5 aromatic rings. The Morgan fingerprint density at radius 2 is 1.88 bits per heavy atom. The third-order valence-electron chi connectivity index (χ3n) is 5.98. The van der Waals surface area contributed by atoms with Gasteiger partial charge in [-0.25, -0.2) is 9.50 Å². The number of benzene rings is 2. The summed E-state index contributed by atoms with van der Waals surface area (Å²) in [6.07, 6.45) is 2.28. The fraction of sp³-hybridized carbons (Fsp3) is 0.120. The molecule has 0 aliphatic carbocycles. The van der Waals surface area contributed by atoms with Gasteiger partial charge in [-0.1, -0.05) is 36.4 Å². The van der Waals surface area contributed by atoms with E-state index in [1.807, 2.05) is 60.7 Å². The van der Waals surface area contributed by atoms with E-state index in [1.54, 1.807) is 17.2 Å². The van der Waals surface area contributed by atoms with Crippen LogP contribution in [-0.2, 0) is 13.0 Å². The maximum absolute atomic E-state index is 13.2. The van der Waals surface area contributed by atoms with Gasteiger partial charge in [0.05, 0.1) is 29.0 Å². The lowest BCUT2D eigenvalue weighted by Crippen LogP contribution is -2.40. The van der Waals surface area contributed by atoms with Crippen LogP contribution >= 0.6 is 0 Å². The average molecular weight is 421 g/mol. The van der Waals surface area contributed by atoms with E-state index >= 15 is 0 Å². The number of rotatable bonds is 2. The second-order valence-corrected chi connectivity index (χ2v) is 7.96. The Hall–Kier alpha value is -4.26. The fourth-order valence-electron chi connectivity index (χ4n) is 4.31. The highest BCUT2D eigenvalue weighted by Gasteiger charge is 2.26. The Kier molecular flexibility index (Phi) is 4.14. The van der Waals surface area contributed by atoms with Crippen molar-refractivity contribution in [3.05, 3.63) is 100 Å². The Balaban J connectivity index is 1.35. The molecule has 0 fully saturated rings. The molecule has 1 N–H and O–H groups in total. The minimum atomic E-state index is -0.160. The van der Waals surface area contributed by atoms with Gasteiger partial charge in [0.25, 0.3) is 11.5 Å². The first-order valence-corrected chi connectivity index (χ1v) is 10.5. The summed E-state index contributed by atoms with van der Waals surface area (Å²) in [5, 5.41) is 4.07. The molecule has 7 heteroatoms. The summed E-state index contributed by atoms with van der Waals surface area (Å²) < 4.78 is 1.47. The monoisotopic (exact) mass is 421 g/mol. The smallest absolute Gasteiger partial charge is 0.277 e. The molecule has 3 aromatic heterocycles. The molecule has 0 saturated carbocycles. The molecule has 156 valence electrons. The van der Waals surface area contributed by atoms with Gasteiger partial charge in [0.1, 0.15) is 0 Å². The van der Waals surface area contributed by atoms with Gasteiger partial charge in [0.15, 0.2) is 5.65 Å². The third kappa shape index (κ3) is 2.98. The Labute approximate surface area is 183 Å². The first-order chi connectivity index (χ1) is 15.7. The lowest BCUT2D eigenvalue weighted by atomic mass is 10.0. The zero-order valence-corrected chi connectivity index (χ0v) is 17.2.